The molecule has 1 N–H and O–H groups in total. The van der Waals surface area contributed by atoms with Crippen LogP contribution in [0.5, 0.6) is 0 Å². The lowest BCUT2D eigenvalue weighted by Gasteiger charge is -2.09. The van der Waals surface area contributed by atoms with E-state index in [1.165, 1.54) is 0 Å². The third-order valence-corrected chi connectivity index (χ3v) is 3.90. The Morgan fingerprint density at radius 3 is 2.79 bits per heavy atom. The molecule has 1 aromatic heterocycles. The second-order valence-electron chi connectivity index (χ2n) is 4.11. The summed E-state index contributed by atoms with van der Waals surface area (Å²) in [6, 6.07) is 7.39. The minimum atomic E-state index is -0.101. The number of pyridine rings is 1. The van der Waals surface area contributed by atoms with Crippen LogP contribution in [0.4, 0.5) is 0 Å². The normalized spacial score (nSPS) is 10.3. The highest BCUT2D eigenvalue weighted by Gasteiger charge is 2.10. The van der Waals surface area contributed by atoms with Crippen LogP contribution in [-0.2, 0) is 6.54 Å². The molecule has 0 saturated heterocycles. The maximum absolute atomic E-state index is 12.1. The Labute approximate surface area is 128 Å². The zero-order valence-electron chi connectivity index (χ0n) is 10.3. The van der Waals surface area contributed by atoms with E-state index < -0.39 is 0 Å². The van der Waals surface area contributed by atoms with Crippen LogP contribution < -0.4 is 5.32 Å². The fraction of sp³-hybridized carbons (Fsp3) is 0.143. The van der Waals surface area contributed by atoms with Crippen LogP contribution >= 0.6 is 31.9 Å². The molecule has 0 radical (unpaired) electrons. The Kier molecular flexibility index (Phi) is 4.71. The first kappa shape index (κ1) is 14.2. The summed E-state index contributed by atoms with van der Waals surface area (Å²) in [5.74, 6) is -0.101. The molecule has 19 heavy (non-hydrogen) atoms. The average molecular weight is 384 g/mol. The molecule has 0 bridgehead atoms. The molecule has 5 heteroatoms. The fourth-order valence-electron chi connectivity index (χ4n) is 1.64. The zero-order chi connectivity index (χ0) is 13.8. The maximum Gasteiger partial charge on any atom is 0.252 e. The van der Waals surface area contributed by atoms with Crippen LogP contribution in [0.1, 0.15) is 21.5 Å². The third-order valence-electron chi connectivity index (χ3n) is 2.75. The summed E-state index contributed by atoms with van der Waals surface area (Å²) in [5, 5.41) is 2.90. The van der Waals surface area contributed by atoms with E-state index in [-0.39, 0.29) is 5.91 Å². The topological polar surface area (TPSA) is 42.0 Å². The summed E-state index contributed by atoms with van der Waals surface area (Å²) in [6.45, 7) is 2.47. The highest BCUT2D eigenvalue weighted by molar-refractivity contribution is 9.11. The van der Waals surface area contributed by atoms with Crippen molar-refractivity contribution in [3.63, 3.8) is 0 Å². The minimum absolute atomic E-state index is 0.101. The van der Waals surface area contributed by atoms with E-state index >= 15 is 0 Å². The number of hydrogen-bond acceptors (Lipinski definition) is 2. The number of benzene rings is 1. The molecule has 3 nitrogen and oxygen atoms in total. The van der Waals surface area contributed by atoms with Gasteiger partial charge in [0.25, 0.3) is 5.91 Å². The van der Waals surface area contributed by atoms with E-state index in [1.807, 2.05) is 25.1 Å². The van der Waals surface area contributed by atoms with E-state index in [2.05, 4.69) is 42.2 Å². The molecule has 98 valence electrons. The number of amides is 1. The summed E-state index contributed by atoms with van der Waals surface area (Å²) >= 11 is 6.75. The molecule has 2 rings (SSSR count). The van der Waals surface area contributed by atoms with Crippen LogP contribution in [0.2, 0.25) is 0 Å². The summed E-state index contributed by atoms with van der Waals surface area (Å²) in [6.07, 6.45) is 3.51. The zero-order valence-corrected chi connectivity index (χ0v) is 13.5. The summed E-state index contributed by atoms with van der Waals surface area (Å²) in [5.41, 5.74) is 2.75. The molecular weight excluding hydrogens is 372 g/mol. The highest BCUT2D eigenvalue weighted by atomic mass is 79.9. The van der Waals surface area contributed by atoms with Gasteiger partial charge in [-0.05, 0) is 58.2 Å². The van der Waals surface area contributed by atoms with E-state index in [0.29, 0.717) is 12.1 Å². The molecule has 0 saturated carbocycles. The maximum atomic E-state index is 12.1. The summed E-state index contributed by atoms with van der Waals surface area (Å²) in [4.78, 5) is 16.1. The lowest BCUT2D eigenvalue weighted by Crippen LogP contribution is -2.23. The Hall–Kier alpha value is -1.20. The molecule has 1 heterocycles. The number of carbonyl (C=O) groups excluding carboxylic acids is 1. The first-order valence-electron chi connectivity index (χ1n) is 5.70. The number of hydrogen-bond donors (Lipinski definition) is 1. The quantitative estimate of drug-likeness (QED) is 0.874. The second kappa shape index (κ2) is 6.30. The van der Waals surface area contributed by atoms with Crippen LogP contribution in [0.15, 0.2) is 45.6 Å². The van der Waals surface area contributed by atoms with Gasteiger partial charge in [-0.25, -0.2) is 0 Å². The fourth-order valence-corrected chi connectivity index (χ4v) is 2.87. The average Bonchev–Trinajstić information content (AvgIpc) is 2.37. The first-order chi connectivity index (χ1) is 9.08. The minimum Gasteiger partial charge on any atom is -0.348 e. The van der Waals surface area contributed by atoms with Gasteiger partial charge in [0.2, 0.25) is 0 Å². The van der Waals surface area contributed by atoms with Crippen molar-refractivity contribution in [1.82, 2.24) is 10.3 Å². The van der Waals surface area contributed by atoms with Crippen molar-refractivity contribution in [1.29, 1.82) is 0 Å². The van der Waals surface area contributed by atoms with Gasteiger partial charge in [-0.3, -0.25) is 9.78 Å². The van der Waals surface area contributed by atoms with Crippen molar-refractivity contribution in [2.75, 3.05) is 0 Å². The smallest absolute Gasteiger partial charge is 0.252 e. The van der Waals surface area contributed by atoms with Crippen molar-refractivity contribution < 1.29 is 4.79 Å². The molecule has 0 aliphatic rings. The molecular formula is C14H12Br2N2O. The third kappa shape index (κ3) is 3.64. The molecule has 2 aromatic rings. The number of carbonyl (C=O) groups is 1. The van der Waals surface area contributed by atoms with Crippen molar-refractivity contribution in [3.05, 3.63) is 62.3 Å². The van der Waals surface area contributed by atoms with Crippen molar-refractivity contribution in [3.8, 4) is 0 Å². The second-order valence-corrected chi connectivity index (χ2v) is 5.88. The van der Waals surface area contributed by atoms with E-state index in [1.54, 1.807) is 18.5 Å². The Morgan fingerprint density at radius 2 is 2.11 bits per heavy atom. The predicted molar refractivity (Wildman–Crippen MR) is 82.0 cm³/mol. The number of nitrogens with one attached hydrogen (secondary N) is 1. The van der Waals surface area contributed by atoms with Crippen LogP contribution in [0.25, 0.3) is 0 Å². The molecule has 1 amide bonds. The van der Waals surface area contributed by atoms with Crippen molar-refractivity contribution in [2.45, 2.75) is 13.5 Å². The molecule has 1 aromatic carbocycles. The molecule has 0 spiro atoms. The van der Waals surface area contributed by atoms with E-state index in [4.69, 9.17) is 0 Å². The van der Waals surface area contributed by atoms with Gasteiger partial charge >= 0.3 is 0 Å². The van der Waals surface area contributed by atoms with Gasteiger partial charge in [0, 0.05) is 27.9 Å². The SMILES string of the molecule is Cc1cnccc1CNC(=O)c1ccc(Br)cc1Br. The number of aromatic nitrogens is 1. The van der Waals surface area contributed by atoms with E-state index in [9.17, 15) is 4.79 Å². The van der Waals surface area contributed by atoms with Crippen LogP contribution in [0.3, 0.4) is 0 Å². The van der Waals surface area contributed by atoms with Crippen LogP contribution in [-0.4, -0.2) is 10.9 Å². The number of halogens is 2. The lowest BCUT2D eigenvalue weighted by atomic mass is 10.1. The predicted octanol–water partition coefficient (Wildman–Crippen LogP) is 3.85. The van der Waals surface area contributed by atoms with Gasteiger partial charge in [-0.2, -0.15) is 0 Å². The number of nitrogens with zero attached hydrogens (tertiary/aromatic N) is 1. The number of aryl methyl sites for hydroxylation is 1. The Balaban J connectivity index is 2.08. The van der Waals surface area contributed by atoms with Gasteiger partial charge < -0.3 is 5.32 Å². The van der Waals surface area contributed by atoms with Crippen molar-refractivity contribution in [2.24, 2.45) is 0 Å². The molecule has 0 atom stereocenters. The van der Waals surface area contributed by atoms with Gasteiger partial charge in [0.15, 0.2) is 0 Å². The molecule has 0 aliphatic heterocycles. The summed E-state index contributed by atoms with van der Waals surface area (Å²) < 4.78 is 1.70. The van der Waals surface area contributed by atoms with Crippen molar-refractivity contribution >= 4 is 37.8 Å². The Bertz CT molecular complexity index is 614. The molecule has 0 unspecified atom stereocenters. The van der Waals surface area contributed by atoms with Gasteiger partial charge in [-0.1, -0.05) is 15.9 Å². The highest BCUT2D eigenvalue weighted by Crippen LogP contribution is 2.21. The van der Waals surface area contributed by atoms with Gasteiger partial charge in [-0.15, -0.1) is 0 Å². The monoisotopic (exact) mass is 382 g/mol. The molecule has 0 aliphatic carbocycles. The lowest BCUT2D eigenvalue weighted by molar-refractivity contribution is 0.0950. The molecule has 0 fully saturated rings. The Morgan fingerprint density at radius 1 is 1.32 bits per heavy atom. The standard InChI is InChI=1S/C14H12Br2N2O/c1-9-7-17-5-4-10(9)8-18-14(19)12-3-2-11(15)6-13(12)16/h2-7H,8H2,1H3,(H,18,19). The van der Waals surface area contributed by atoms with Gasteiger partial charge in [0.1, 0.15) is 0 Å². The van der Waals surface area contributed by atoms with E-state index in [0.717, 1.165) is 20.1 Å². The first-order valence-corrected chi connectivity index (χ1v) is 7.29. The largest absolute Gasteiger partial charge is 0.348 e. The summed E-state index contributed by atoms with van der Waals surface area (Å²) in [7, 11) is 0. The number of rotatable bonds is 3. The van der Waals surface area contributed by atoms with Gasteiger partial charge in [0.05, 0.1) is 5.56 Å². The van der Waals surface area contributed by atoms with Crippen LogP contribution in [0, 0.1) is 6.92 Å².